The average Bonchev–Trinajstić information content (AvgIpc) is 2.89. The van der Waals surface area contributed by atoms with Crippen LogP contribution in [0.5, 0.6) is 0 Å². The molecule has 1 aliphatic carbocycles. The fourth-order valence-corrected chi connectivity index (χ4v) is 2.13. The second-order valence-electron chi connectivity index (χ2n) is 3.06. The number of nitrogens with zero attached hydrogens (tertiary/aromatic N) is 2. The Balaban J connectivity index is 2.08. The molecule has 0 aromatic rings. The van der Waals surface area contributed by atoms with Gasteiger partial charge >= 0.3 is 0 Å². The largest absolute Gasteiger partial charge is 0.198 e. The van der Waals surface area contributed by atoms with Crippen molar-refractivity contribution in [3.63, 3.8) is 0 Å². The van der Waals surface area contributed by atoms with E-state index >= 15 is 0 Å². The fourth-order valence-electron chi connectivity index (χ4n) is 0.911. The highest BCUT2D eigenvalue weighted by Crippen LogP contribution is 2.35. The molecule has 0 amide bonds. The number of nitriles is 2. The first kappa shape index (κ1) is 9.42. The van der Waals surface area contributed by atoms with E-state index in [-0.39, 0.29) is 5.92 Å². The summed E-state index contributed by atoms with van der Waals surface area (Å²) >= 11 is 1.89. The van der Waals surface area contributed by atoms with Crippen LogP contribution in [-0.4, -0.2) is 11.0 Å². The first-order valence-corrected chi connectivity index (χ1v) is 5.30. The van der Waals surface area contributed by atoms with Crippen molar-refractivity contribution in [2.75, 3.05) is 5.75 Å². The lowest BCUT2D eigenvalue weighted by molar-refractivity contribution is 0.685. The quantitative estimate of drug-likeness (QED) is 0.652. The van der Waals surface area contributed by atoms with Crippen LogP contribution in [0.15, 0.2) is 0 Å². The highest BCUT2D eigenvalue weighted by atomic mass is 32.2. The van der Waals surface area contributed by atoms with Gasteiger partial charge in [-0.3, -0.25) is 0 Å². The van der Waals surface area contributed by atoms with Crippen molar-refractivity contribution in [2.45, 2.75) is 30.9 Å². The normalized spacial score (nSPS) is 17.8. The van der Waals surface area contributed by atoms with Gasteiger partial charge < -0.3 is 0 Å². The third kappa shape index (κ3) is 3.64. The fraction of sp³-hybridized carbons (Fsp3) is 0.778. The third-order valence-corrected chi connectivity index (χ3v) is 3.38. The van der Waals surface area contributed by atoms with Gasteiger partial charge in [0.2, 0.25) is 0 Å². The first-order valence-electron chi connectivity index (χ1n) is 4.25. The molecule has 0 aromatic carbocycles. The molecule has 1 fully saturated rings. The third-order valence-electron chi connectivity index (χ3n) is 1.84. The van der Waals surface area contributed by atoms with Crippen LogP contribution in [0.25, 0.3) is 0 Å². The maximum absolute atomic E-state index is 8.71. The zero-order chi connectivity index (χ0) is 8.81. The van der Waals surface area contributed by atoms with Crippen LogP contribution in [0.2, 0.25) is 0 Å². The Morgan fingerprint density at radius 2 is 2.17 bits per heavy atom. The second-order valence-corrected chi connectivity index (χ2v) is 4.39. The molecule has 0 saturated heterocycles. The minimum absolute atomic E-state index is 0.0928. The van der Waals surface area contributed by atoms with Crippen molar-refractivity contribution < 1.29 is 0 Å². The minimum Gasteiger partial charge on any atom is -0.198 e. The van der Waals surface area contributed by atoms with Crippen LogP contribution in [0.4, 0.5) is 0 Å². The van der Waals surface area contributed by atoms with Crippen LogP contribution in [-0.2, 0) is 0 Å². The molecule has 0 bridgehead atoms. The summed E-state index contributed by atoms with van der Waals surface area (Å²) in [5.74, 6) is 1.01. The highest BCUT2D eigenvalue weighted by molar-refractivity contribution is 8.00. The van der Waals surface area contributed by atoms with Gasteiger partial charge in [0.15, 0.2) is 0 Å². The molecule has 1 rings (SSSR count). The number of hydrogen-bond donors (Lipinski definition) is 0. The summed E-state index contributed by atoms with van der Waals surface area (Å²) in [6, 6.07) is 4.32. The van der Waals surface area contributed by atoms with Crippen LogP contribution in [0, 0.1) is 28.6 Å². The van der Waals surface area contributed by atoms with Crippen molar-refractivity contribution >= 4 is 11.8 Å². The lowest BCUT2D eigenvalue weighted by atomic mass is 10.1. The lowest BCUT2D eigenvalue weighted by Crippen LogP contribution is -2.00. The monoisotopic (exact) mass is 180 g/mol. The maximum Gasteiger partial charge on any atom is 0.0664 e. The molecular weight excluding hydrogens is 168 g/mol. The minimum atomic E-state index is 0.0928. The van der Waals surface area contributed by atoms with Crippen molar-refractivity contribution in [1.29, 1.82) is 10.5 Å². The van der Waals surface area contributed by atoms with Gasteiger partial charge in [0.1, 0.15) is 0 Å². The molecule has 1 unspecified atom stereocenters. The summed E-state index contributed by atoms with van der Waals surface area (Å²) in [5.41, 5.74) is 0. The second kappa shape index (κ2) is 5.06. The smallest absolute Gasteiger partial charge is 0.0664 e. The standard InChI is InChI=1S/C9H12N2S/c10-5-1-2-8(6-11)7-12-9-3-4-9/h8-9H,1-4,7H2. The molecule has 0 aromatic heterocycles. The van der Waals surface area contributed by atoms with Gasteiger partial charge in [-0.25, -0.2) is 0 Å². The van der Waals surface area contributed by atoms with Crippen molar-refractivity contribution in [1.82, 2.24) is 0 Å². The molecule has 2 nitrogen and oxygen atoms in total. The van der Waals surface area contributed by atoms with Crippen LogP contribution in [0.3, 0.4) is 0 Å². The van der Waals surface area contributed by atoms with Gasteiger partial charge in [0, 0.05) is 17.4 Å². The van der Waals surface area contributed by atoms with Crippen LogP contribution in [0.1, 0.15) is 25.7 Å². The molecule has 0 N–H and O–H groups in total. The zero-order valence-corrected chi connectivity index (χ0v) is 7.81. The van der Waals surface area contributed by atoms with Gasteiger partial charge in [-0.2, -0.15) is 22.3 Å². The summed E-state index contributed by atoms with van der Waals surface area (Å²) in [7, 11) is 0. The molecule has 64 valence electrons. The summed E-state index contributed by atoms with van der Waals surface area (Å²) in [6.45, 7) is 0. The summed E-state index contributed by atoms with van der Waals surface area (Å²) in [6.07, 6.45) is 3.90. The molecule has 0 heterocycles. The molecule has 0 radical (unpaired) electrons. The van der Waals surface area contributed by atoms with E-state index in [1.165, 1.54) is 12.8 Å². The van der Waals surface area contributed by atoms with E-state index < -0.39 is 0 Å². The SMILES string of the molecule is N#CCCC(C#N)CSC1CC1. The number of thioether (sulfide) groups is 1. The molecule has 1 atom stereocenters. The predicted molar refractivity (Wildman–Crippen MR) is 49.4 cm³/mol. The van der Waals surface area contributed by atoms with Gasteiger partial charge in [-0.1, -0.05) is 0 Å². The van der Waals surface area contributed by atoms with E-state index in [0.29, 0.717) is 6.42 Å². The van der Waals surface area contributed by atoms with Gasteiger partial charge in [0.05, 0.1) is 18.1 Å². The number of hydrogen-bond acceptors (Lipinski definition) is 3. The van der Waals surface area contributed by atoms with E-state index in [1.54, 1.807) is 0 Å². The average molecular weight is 180 g/mol. The van der Waals surface area contributed by atoms with Gasteiger partial charge in [-0.15, -0.1) is 0 Å². The van der Waals surface area contributed by atoms with Crippen molar-refractivity contribution in [2.24, 2.45) is 5.92 Å². The highest BCUT2D eigenvalue weighted by Gasteiger charge is 2.22. The van der Waals surface area contributed by atoms with Crippen molar-refractivity contribution in [3.8, 4) is 12.1 Å². The van der Waals surface area contributed by atoms with Gasteiger partial charge in [-0.05, 0) is 19.3 Å². The Labute approximate surface area is 77.6 Å². The molecule has 1 aliphatic rings. The molecular formula is C9H12N2S. The molecule has 1 saturated carbocycles. The Bertz CT molecular complexity index is 210. The maximum atomic E-state index is 8.71. The van der Waals surface area contributed by atoms with E-state index in [2.05, 4.69) is 12.1 Å². The molecule has 12 heavy (non-hydrogen) atoms. The van der Waals surface area contributed by atoms with Crippen molar-refractivity contribution in [3.05, 3.63) is 0 Å². The Morgan fingerprint density at radius 3 is 2.67 bits per heavy atom. The van der Waals surface area contributed by atoms with Gasteiger partial charge in [0.25, 0.3) is 0 Å². The summed E-state index contributed by atoms with van der Waals surface area (Å²) in [4.78, 5) is 0. The Hall–Kier alpha value is -0.670. The zero-order valence-electron chi connectivity index (χ0n) is 6.99. The van der Waals surface area contributed by atoms with Crippen LogP contribution >= 0.6 is 11.8 Å². The topological polar surface area (TPSA) is 47.6 Å². The Morgan fingerprint density at radius 1 is 1.42 bits per heavy atom. The van der Waals surface area contributed by atoms with E-state index in [1.807, 2.05) is 11.8 Å². The van der Waals surface area contributed by atoms with E-state index in [0.717, 1.165) is 17.4 Å². The Kier molecular flexibility index (Phi) is 3.97. The number of rotatable bonds is 5. The summed E-state index contributed by atoms with van der Waals surface area (Å²) in [5, 5.41) is 17.9. The predicted octanol–water partition coefficient (Wildman–Crippen LogP) is 2.33. The first-order chi connectivity index (χ1) is 5.86. The molecule has 0 spiro atoms. The summed E-state index contributed by atoms with van der Waals surface area (Å²) < 4.78 is 0. The molecule has 3 heteroatoms. The van der Waals surface area contributed by atoms with E-state index in [4.69, 9.17) is 10.5 Å². The molecule has 0 aliphatic heterocycles. The lowest BCUT2D eigenvalue weighted by Gasteiger charge is -2.04. The van der Waals surface area contributed by atoms with E-state index in [9.17, 15) is 0 Å². The van der Waals surface area contributed by atoms with Crippen LogP contribution < -0.4 is 0 Å².